The smallest absolute Gasteiger partial charge is 0.416 e. The molecule has 0 aliphatic carbocycles. The molecule has 2 atom stereocenters. The third kappa shape index (κ3) is 5.17. The molecular weight excluding hydrogens is 523 g/mol. The second-order valence-corrected chi connectivity index (χ2v) is 9.73. The molecule has 0 bridgehead atoms. The summed E-state index contributed by atoms with van der Waals surface area (Å²) < 4.78 is 52.2. The number of methoxy groups -OCH3 is 1. The van der Waals surface area contributed by atoms with Crippen LogP contribution in [-0.4, -0.2) is 24.1 Å². The highest BCUT2D eigenvalue weighted by Crippen LogP contribution is 2.42. The van der Waals surface area contributed by atoms with Crippen LogP contribution in [0.4, 0.5) is 18.0 Å². The molecule has 1 fully saturated rings. The maximum atomic E-state index is 13.3. The lowest BCUT2D eigenvalue weighted by atomic mass is 9.91. The Hall–Kier alpha value is -3.00. The molecule has 1 amide bonds. The van der Waals surface area contributed by atoms with Crippen molar-refractivity contribution >= 4 is 22.0 Å². The summed E-state index contributed by atoms with van der Waals surface area (Å²) in [7, 11) is 1.59. The van der Waals surface area contributed by atoms with Crippen molar-refractivity contribution in [3.63, 3.8) is 0 Å². The van der Waals surface area contributed by atoms with Gasteiger partial charge in [-0.05, 0) is 62.2 Å². The topological polar surface area (TPSA) is 38.8 Å². The first kappa shape index (κ1) is 25.1. The molecular formula is C27H25BrF3NO3. The number of ether oxygens (including phenoxy) is 2. The molecule has 0 saturated carbocycles. The second kappa shape index (κ2) is 9.57. The number of rotatable bonds is 5. The summed E-state index contributed by atoms with van der Waals surface area (Å²) in [5, 5.41) is 0. The number of carbonyl (C=O) groups excluding carboxylic acids is 1. The third-order valence-electron chi connectivity index (χ3n) is 6.17. The van der Waals surface area contributed by atoms with Crippen LogP contribution in [0, 0.1) is 13.8 Å². The Morgan fingerprint density at radius 3 is 2.43 bits per heavy atom. The largest absolute Gasteiger partial charge is 0.496 e. The quantitative estimate of drug-likeness (QED) is 0.326. The molecule has 0 N–H and O–H groups in total. The first-order chi connectivity index (χ1) is 16.5. The summed E-state index contributed by atoms with van der Waals surface area (Å²) in [6, 6.07) is 15.0. The number of hydrogen-bond acceptors (Lipinski definition) is 3. The summed E-state index contributed by atoms with van der Waals surface area (Å²) in [4.78, 5) is 14.4. The van der Waals surface area contributed by atoms with Gasteiger partial charge >= 0.3 is 12.3 Å². The van der Waals surface area contributed by atoms with E-state index < -0.39 is 30.0 Å². The van der Waals surface area contributed by atoms with Gasteiger partial charge in [0.15, 0.2) is 0 Å². The number of aryl methyl sites for hydroxylation is 2. The predicted molar refractivity (Wildman–Crippen MR) is 131 cm³/mol. The number of nitrogens with zero attached hydrogens (tertiary/aromatic N) is 1. The van der Waals surface area contributed by atoms with E-state index in [2.05, 4.69) is 15.9 Å². The fourth-order valence-electron chi connectivity index (χ4n) is 4.50. The van der Waals surface area contributed by atoms with Crippen molar-refractivity contribution in [2.75, 3.05) is 7.11 Å². The first-order valence-corrected chi connectivity index (χ1v) is 11.9. The highest BCUT2D eigenvalue weighted by Gasteiger charge is 2.41. The first-order valence-electron chi connectivity index (χ1n) is 11.1. The fourth-order valence-corrected chi connectivity index (χ4v) is 4.87. The molecule has 0 spiro atoms. The Morgan fingerprint density at radius 1 is 1.00 bits per heavy atom. The number of hydrogen-bond donors (Lipinski definition) is 0. The van der Waals surface area contributed by atoms with E-state index in [0.29, 0.717) is 16.9 Å². The SMILES string of the molecule is COc1ccc(Br)cc1-c1ccc(C)cc1C1OC(=O)N(Cc2cc(C)cc(C(F)(F)F)c2)[C@@H]1C. The molecule has 1 heterocycles. The number of amides is 1. The van der Waals surface area contributed by atoms with Crippen LogP contribution >= 0.6 is 15.9 Å². The Kier molecular flexibility index (Phi) is 6.86. The molecule has 1 aliphatic heterocycles. The van der Waals surface area contributed by atoms with E-state index in [1.807, 2.05) is 50.2 Å². The molecule has 1 saturated heterocycles. The minimum atomic E-state index is -4.46. The van der Waals surface area contributed by atoms with E-state index in [9.17, 15) is 18.0 Å². The van der Waals surface area contributed by atoms with Gasteiger partial charge in [-0.3, -0.25) is 4.90 Å². The van der Waals surface area contributed by atoms with Gasteiger partial charge < -0.3 is 9.47 Å². The lowest BCUT2D eigenvalue weighted by Gasteiger charge is -2.24. The fraction of sp³-hybridized carbons (Fsp3) is 0.296. The molecule has 3 aromatic carbocycles. The number of benzene rings is 3. The van der Waals surface area contributed by atoms with Crippen LogP contribution in [0.2, 0.25) is 0 Å². The van der Waals surface area contributed by atoms with Gasteiger partial charge in [-0.2, -0.15) is 13.2 Å². The van der Waals surface area contributed by atoms with Crippen LogP contribution in [0.5, 0.6) is 5.75 Å². The summed E-state index contributed by atoms with van der Waals surface area (Å²) >= 11 is 3.51. The number of halogens is 4. The van der Waals surface area contributed by atoms with Crippen LogP contribution in [0.15, 0.2) is 59.1 Å². The molecule has 1 unspecified atom stereocenters. The van der Waals surface area contributed by atoms with E-state index in [1.54, 1.807) is 20.1 Å². The third-order valence-corrected chi connectivity index (χ3v) is 6.67. The van der Waals surface area contributed by atoms with Gasteiger partial charge in [-0.25, -0.2) is 4.79 Å². The Bertz CT molecular complexity index is 1280. The molecule has 35 heavy (non-hydrogen) atoms. The highest BCUT2D eigenvalue weighted by molar-refractivity contribution is 9.10. The van der Waals surface area contributed by atoms with Crippen LogP contribution in [0.25, 0.3) is 11.1 Å². The Morgan fingerprint density at radius 2 is 1.74 bits per heavy atom. The Labute approximate surface area is 210 Å². The lowest BCUT2D eigenvalue weighted by Crippen LogP contribution is -2.31. The standard InChI is InChI=1S/C27H25BrF3NO3/c1-15-5-7-21(22-13-20(28)6-8-24(22)34-4)23(11-15)25-17(3)32(26(33)35-25)14-18-9-16(2)10-19(12-18)27(29,30)31/h5-13,17,25H,14H2,1-4H3/t17-,25?/m1/s1. The average Bonchev–Trinajstić information content (AvgIpc) is 3.06. The predicted octanol–water partition coefficient (Wildman–Crippen LogP) is 7.84. The van der Waals surface area contributed by atoms with Gasteiger partial charge in [0.1, 0.15) is 11.9 Å². The zero-order chi connectivity index (χ0) is 25.5. The minimum Gasteiger partial charge on any atom is -0.496 e. The van der Waals surface area contributed by atoms with Gasteiger partial charge in [0.05, 0.1) is 18.7 Å². The van der Waals surface area contributed by atoms with Crippen molar-refractivity contribution < 1.29 is 27.4 Å². The van der Waals surface area contributed by atoms with Crippen molar-refractivity contribution in [1.29, 1.82) is 0 Å². The van der Waals surface area contributed by atoms with Gasteiger partial charge in [0.25, 0.3) is 0 Å². The van der Waals surface area contributed by atoms with Crippen molar-refractivity contribution in [2.45, 2.75) is 45.6 Å². The summed E-state index contributed by atoms with van der Waals surface area (Å²) in [6.45, 7) is 5.43. The van der Waals surface area contributed by atoms with E-state index in [-0.39, 0.29) is 6.54 Å². The lowest BCUT2D eigenvalue weighted by molar-refractivity contribution is -0.137. The molecule has 4 nitrogen and oxygen atoms in total. The molecule has 184 valence electrons. The zero-order valence-electron chi connectivity index (χ0n) is 19.7. The zero-order valence-corrected chi connectivity index (χ0v) is 21.3. The van der Waals surface area contributed by atoms with Crippen LogP contribution in [0.1, 0.15) is 40.8 Å². The summed E-state index contributed by atoms with van der Waals surface area (Å²) in [5.41, 5.74) is 3.65. The average molecular weight is 548 g/mol. The van der Waals surface area contributed by atoms with Crippen molar-refractivity contribution in [1.82, 2.24) is 4.90 Å². The highest BCUT2D eigenvalue weighted by atomic mass is 79.9. The Balaban J connectivity index is 1.71. The number of cyclic esters (lactones) is 1. The van der Waals surface area contributed by atoms with Crippen LogP contribution in [0.3, 0.4) is 0 Å². The van der Waals surface area contributed by atoms with Crippen LogP contribution in [-0.2, 0) is 17.5 Å². The normalized spacial score (nSPS) is 18.1. The van der Waals surface area contributed by atoms with Crippen molar-refractivity contribution in [2.24, 2.45) is 0 Å². The monoisotopic (exact) mass is 547 g/mol. The van der Waals surface area contributed by atoms with Crippen molar-refractivity contribution in [3.05, 3.63) is 86.9 Å². The second-order valence-electron chi connectivity index (χ2n) is 8.81. The molecule has 0 aromatic heterocycles. The summed E-state index contributed by atoms with van der Waals surface area (Å²) in [6.07, 6.45) is -5.63. The maximum absolute atomic E-state index is 13.3. The molecule has 8 heteroatoms. The van der Waals surface area contributed by atoms with Gasteiger partial charge in [0.2, 0.25) is 0 Å². The minimum absolute atomic E-state index is 0.0165. The van der Waals surface area contributed by atoms with E-state index >= 15 is 0 Å². The maximum Gasteiger partial charge on any atom is 0.416 e. The molecule has 4 rings (SSSR count). The molecule has 1 aliphatic rings. The van der Waals surface area contributed by atoms with E-state index in [1.165, 1.54) is 4.90 Å². The van der Waals surface area contributed by atoms with Gasteiger partial charge in [-0.1, -0.05) is 51.3 Å². The number of alkyl halides is 3. The molecule has 3 aromatic rings. The summed E-state index contributed by atoms with van der Waals surface area (Å²) in [5.74, 6) is 0.673. The van der Waals surface area contributed by atoms with Crippen molar-refractivity contribution in [3.8, 4) is 16.9 Å². The van der Waals surface area contributed by atoms with E-state index in [0.717, 1.165) is 38.9 Å². The number of carbonyl (C=O) groups is 1. The van der Waals surface area contributed by atoms with Crippen LogP contribution < -0.4 is 4.74 Å². The molecule has 0 radical (unpaired) electrons. The van der Waals surface area contributed by atoms with E-state index in [4.69, 9.17) is 9.47 Å². The van der Waals surface area contributed by atoms with Gasteiger partial charge in [-0.15, -0.1) is 0 Å². The van der Waals surface area contributed by atoms with Gasteiger partial charge in [0, 0.05) is 22.1 Å².